The highest BCUT2D eigenvalue weighted by molar-refractivity contribution is 7.88. The van der Waals surface area contributed by atoms with Crippen LogP contribution in [0.25, 0.3) is 0 Å². The van der Waals surface area contributed by atoms with E-state index in [4.69, 9.17) is 11.6 Å². The second kappa shape index (κ2) is 6.34. The van der Waals surface area contributed by atoms with Gasteiger partial charge in [-0.25, -0.2) is 8.42 Å². The van der Waals surface area contributed by atoms with Crippen LogP contribution >= 0.6 is 11.6 Å². The number of amides is 1. The standard InChI is InChI=1S/C14H19ClN2O3S/c1-10-9-11(15)3-6-13(10)16-14(18)7-8-17(12-4-5-12)21(2,19)20/h3,6,9,12H,4-5,7-8H2,1-2H3,(H,16,18). The number of anilines is 1. The molecule has 21 heavy (non-hydrogen) atoms. The van der Waals surface area contributed by atoms with Crippen LogP contribution < -0.4 is 5.32 Å². The number of halogens is 1. The minimum absolute atomic E-state index is 0.0741. The zero-order chi connectivity index (χ0) is 15.6. The van der Waals surface area contributed by atoms with Crippen molar-refractivity contribution in [3.63, 3.8) is 0 Å². The Kier molecular flexibility index (Phi) is 4.91. The summed E-state index contributed by atoms with van der Waals surface area (Å²) in [6.45, 7) is 2.08. The van der Waals surface area contributed by atoms with Gasteiger partial charge in [0.25, 0.3) is 0 Å². The third-order valence-electron chi connectivity index (χ3n) is 3.40. The van der Waals surface area contributed by atoms with Crippen LogP contribution in [-0.2, 0) is 14.8 Å². The number of hydrogen-bond donors (Lipinski definition) is 1. The fraction of sp³-hybridized carbons (Fsp3) is 0.500. The van der Waals surface area contributed by atoms with E-state index in [1.807, 2.05) is 6.92 Å². The molecule has 0 aliphatic heterocycles. The quantitative estimate of drug-likeness (QED) is 0.871. The van der Waals surface area contributed by atoms with Gasteiger partial charge in [0.15, 0.2) is 0 Å². The van der Waals surface area contributed by atoms with Crippen molar-refractivity contribution >= 4 is 33.2 Å². The first-order chi connectivity index (χ1) is 9.77. The zero-order valence-electron chi connectivity index (χ0n) is 12.1. The summed E-state index contributed by atoms with van der Waals surface area (Å²) in [5.74, 6) is -0.199. The Bertz CT molecular complexity index is 642. The normalized spacial score (nSPS) is 15.2. The van der Waals surface area contributed by atoms with E-state index >= 15 is 0 Å². The molecule has 2 rings (SSSR count). The first-order valence-corrected chi connectivity index (χ1v) is 9.03. The molecule has 1 saturated carbocycles. The second-order valence-corrected chi connectivity index (χ2v) is 7.73. The number of hydrogen-bond acceptors (Lipinski definition) is 3. The molecule has 1 aromatic carbocycles. The molecule has 1 aliphatic rings. The maximum atomic E-state index is 12.0. The van der Waals surface area contributed by atoms with Gasteiger partial charge in [-0.1, -0.05) is 11.6 Å². The number of nitrogens with one attached hydrogen (secondary N) is 1. The molecule has 5 nitrogen and oxygen atoms in total. The van der Waals surface area contributed by atoms with Crippen molar-refractivity contribution in [3.05, 3.63) is 28.8 Å². The van der Waals surface area contributed by atoms with Crippen molar-refractivity contribution < 1.29 is 13.2 Å². The van der Waals surface area contributed by atoms with Gasteiger partial charge in [0.05, 0.1) is 6.26 Å². The van der Waals surface area contributed by atoms with Crippen LogP contribution in [0.2, 0.25) is 5.02 Å². The predicted octanol–water partition coefficient (Wildman–Crippen LogP) is 2.40. The molecule has 0 unspecified atom stereocenters. The first-order valence-electron chi connectivity index (χ1n) is 6.80. The smallest absolute Gasteiger partial charge is 0.225 e. The Morgan fingerprint density at radius 2 is 2.10 bits per heavy atom. The van der Waals surface area contributed by atoms with Gasteiger partial charge in [-0.2, -0.15) is 4.31 Å². The van der Waals surface area contributed by atoms with Crippen molar-refractivity contribution in [1.82, 2.24) is 4.31 Å². The van der Waals surface area contributed by atoms with E-state index in [0.29, 0.717) is 10.7 Å². The van der Waals surface area contributed by atoms with E-state index in [-0.39, 0.29) is 24.9 Å². The highest BCUT2D eigenvalue weighted by Gasteiger charge is 2.34. The highest BCUT2D eigenvalue weighted by Crippen LogP contribution is 2.29. The molecule has 0 spiro atoms. The number of rotatable bonds is 6. The highest BCUT2D eigenvalue weighted by atomic mass is 35.5. The van der Waals surface area contributed by atoms with Crippen LogP contribution in [0.4, 0.5) is 5.69 Å². The molecule has 1 fully saturated rings. The van der Waals surface area contributed by atoms with Gasteiger partial charge in [-0.15, -0.1) is 0 Å². The van der Waals surface area contributed by atoms with Gasteiger partial charge in [-0.3, -0.25) is 4.79 Å². The first kappa shape index (κ1) is 16.3. The Labute approximate surface area is 130 Å². The summed E-state index contributed by atoms with van der Waals surface area (Å²) in [4.78, 5) is 12.0. The van der Waals surface area contributed by atoms with Crippen LogP contribution in [0.15, 0.2) is 18.2 Å². The van der Waals surface area contributed by atoms with Crippen molar-refractivity contribution in [2.45, 2.75) is 32.2 Å². The maximum absolute atomic E-state index is 12.0. The van der Waals surface area contributed by atoms with Crippen molar-refractivity contribution in [2.75, 3.05) is 18.1 Å². The predicted molar refractivity (Wildman–Crippen MR) is 84.0 cm³/mol. The van der Waals surface area contributed by atoms with Crippen molar-refractivity contribution in [2.24, 2.45) is 0 Å². The van der Waals surface area contributed by atoms with Crippen LogP contribution in [0.3, 0.4) is 0 Å². The third-order valence-corrected chi connectivity index (χ3v) is 4.97. The molecule has 1 N–H and O–H groups in total. The van der Waals surface area contributed by atoms with E-state index in [1.165, 1.54) is 10.6 Å². The zero-order valence-corrected chi connectivity index (χ0v) is 13.7. The third kappa shape index (κ3) is 4.69. The van der Waals surface area contributed by atoms with Crippen LogP contribution in [0, 0.1) is 6.92 Å². The molecule has 1 aromatic rings. The Balaban J connectivity index is 1.92. The summed E-state index contributed by atoms with van der Waals surface area (Å²) in [6, 6.07) is 5.29. The molecule has 0 aromatic heterocycles. The lowest BCUT2D eigenvalue weighted by Crippen LogP contribution is -2.34. The molecule has 7 heteroatoms. The molecule has 0 radical (unpaired) electrons. The van der Waals surface area contributed by atoms with Crippen LogP contribution in [0.1, 0.15) is 24.8 Å². The Hall–Kier alpha value is -1.11. The topological polar surface area (TPSA) is 66.5 Å². The van der Waals surface area contributed by atoms with Gasteiger partial charge in [-0.05, 0) is 43.5 Å². The Morgan fingerprint density at radius 3 is 2.62 bits per heavy atom. The summed E-state index contributed by atoms with van der Waals surface area (Å²) in [7, 11) is -3.25. The summed E-state index contributed by atoms with van der Waals surface area (Å²) >= 11 is 5.86. The number of benzene rings is 1. The minimum Gasteiger partial charge on any atom is -0.326 e. The summed E-state index contributed by atoms with van der Waals surface area (Å²) in [5.41, 5.74) is 1.57. The lowest BCUT2D eigenvalue weighted by Gasteiger charge is -2.19. The fourth-order valence-corrected chi connectivity index (χ4v) is 3.58. The number of sulfonamides is 1. The van der Waals surface area contributed by atoms with E-state index in [9.17, 15) is 13.2 Å². The van der Waals surface area contributed by atoms with Gasteiger partial charge in [0, 0.05) is 29.7 Å². The summed E-state index contributed by atoms with van der Waals surface area (Å²) in [5, 5.41) is 3.40. The van der Waals surface area contributed by atoms with Crippen LogP contribution in [0.5, 0.6) is 0 Å². The van der Waals surface area contributed by atoms with Gasteiger partial charge >= 0.3 is 0 Å². The van der Waals surface area contributed by atoms with Gasteiger partial charge in [0.2, 0.25) is 15.9 Å². The molecule has 0 bridgehead atoms. The van der Waals surface area contributed by atoms with E-state index in [1.54, 1.807) is 18.2 Å². The van der Waals surface area contributed by atoms with Gasteiger partial charge in [0.1, 0.15) is 0 Å². The van der Waals surface area contributed by atoms with E-state index < -0.39 is 10.0 Å². The van der Waals surface area contributed by atoms with Gasteiger partial charge < -0.3 is 5.32 Å². The number of aryl methyl sites for hydroxylation is 1. The van der Waals surface area contributed by atoms with E-state index in [0.717, 1.165) is 18.4 Å². The summed E-state index contributed by atoms with van der Waals surface area (Å²) in [6.07, 6.45) is 3.09. The average molecular weight is 331 g/mol. The van der Waals surface area contributed by atoms with E-state index in [2.05, 4.69) is 5.32 Å². The van der Waals surface area contributed by atoms with Crippen molar-refractivity contribution in [3.8, 4) is 0 Å². The lowest BCUT2D eigenvalue weighted by atomic mass is 10.2. The number of nitrogens with zero attached hydrogens (tertiary/aromatic N) is 1. The molecule has 0 atom stereocenters. The number of carbonyl (C=O) groups excluding carboxylic acids is 1. The number of carbonyl (C=O) groups is 1. The largest absolute Gasteiger partial charge is 0.326 e. The Morgan fingerprint density at radius 1 is 1.43 bits per heavy atom. The maximum Gasteiger partial charge on any atom is 0.225 e. The molecule has 1 aliphatic carbocycles. The molecule has 0 saturated heterocycles. The second-order valence-electron chi connectivity index (χ2n) is 5.36. The monoisotopic (exact) mass is 330 g/mol. The molecular weight excluding hydrogens is 312 g/mol. The molecule has 1 amide bonds. The van der Waals surface area contributed by atoms with Crippen molar-refractivity contribution in [1.29, 1.82) is 0 Å². The fourth-order valence-electron chi connectivity index (χ4n) is 2.17. The average Bonchev–Trinajstić information content (AvgIpc) is 3.16. The van der Waals surface area contributed by atoms with Crippen LogP contribution in [-0.4, -0.2) is 37.5 Å². The molecule has 116 valence electrons. The SMILES string of the molecule is Cc1cc(Cl)ccc1NC(=O)CCN(C1CC1)S(C)(=O)=O. The molecule has 0 heterocycles. The molecular formula is C14H19ClN2O3S. The lowest BCUT2D eigenvalue weighted by molar-refractivity contribution is -0.116. The minimum atomic E-state index is -3.25. The summed E-state index contributed by atoms with van der Waals surface area (Å²) < 4.78 is 24.7.